The van der Waals surface area contributed by atoms with Gasteiger partial charge in [-0.1, -0.05) is 84.0 Å². The predicted molar refractivity (Wildman–Crippen MR) is 92.6 cm³/mol. The van der Waals surface area contributed by atoms with E-state index in [1.54, 1.807) is 0 Å². The zero-order chi connectivity index (χ0) is 15.2. The Morgan fingerprint density at radius 2 is 1.33 bits per heavy atom. The van der Waals surface area contributed by atoms with Gasteiger partial charge in [0.2, 0.25) is 0 Å². The Morgan fingerprint density at radius 3 is 2.00 bits per heavy atom. The van der Waals surface area contributed by atoms with E-state index in [0.717, 1.165) is 13.0 Å². The van der Waals surface area contributed by atoms with Gasteiger partial charge in [-0.15, -0.1) is 0 Å². The van der Waals surface area contributed by atoms with Crippen LogP contribution in [0.5, 0.6) is 0 Å². The minimum absolute atomic E-state index is 0.264. The highest BCUT2D eigenvalue weighted by Gasteiger charge is 2.18. The van der Waals surface area contributed by atoms with Crippen LogP contribution in [0.4, 0.5) is 0 Å². The maximum absolute atomic E-state index is 6.40. The fraction of sp³-hybridized carbons (Fsp3) is 1.00. The van der Waals surface area contributed by atoms with Gasteiger partial charge in [0.15, 0.2) is 0 Å². The van der Waals surface area contributed by atoms with E-state index in [0.29, 0.717) is 6.10 Å². The van der Waals surface area contributed by atoms with E-state index in [4.69, 9.17) is 10.5 Å². The first-order valence-electron chi connectivity index (χ1n) is 9.71. The quantitative estimate of drug-likeness (QED) is 0.622. The molecule has 2 unspecified atom stereocenters. The monoisotopic (exact) mass is 297 g/mol. The molecule has 2 atom stereocenters. The zero-order valence-corrected chi connectivity index (χ0v) is 14.5. The molecule has 0 aromatic rings. The van der Waals surface area contributed by atoms with Crippen molar-refractivity contribution >= 4 is 0 Å². The molecule has 0 amide bonds. The summed E-state index contributed by atoms with van der Waals surface area (Å²) in [4.78, 5) is 0. The largest absolute Gasteiger partial charge is 0.377 e. The molecule has 126 valence electrons. The predicted octanol–water partition coefficient (Wildman–Crippen LogP) is 5.58. The average molecular weight is 298 g/mol. The average Bonchev–Trinajstić information content (AvgIpc) is 2.48. The third kappa shape index (κ3) is 10.3. The van der Waals surface area contributed by atoms with E-state index < -0.39 is 0 Å². The number of hydrogen-bond acceptors (Lipinski definition) is 2. The van der Waals surface area contributed by atoms with Crippen LogP contribution in [0.25, 0.3) is 0 Å². The van der Waals surface area contributed by atoms with Gasteiger partial charge in [-0.2, -0.15) is 0 Å². The number of rotatable bonds is 7. The van der Waals surface area contributed by atoms with E-state index in [1.165, 1.54) is 89.9 Å². The summed E-state index contributed by atoms with van der Waals surface area (Å²) in [6, 6.07) is 0.264. The summed E-state index contributed by atoms with van der Waals surface area (Å²) in [5.41, 5.74) is 6.40. The van der Waals surface area contributed by atoms with Crippen LogP contribution in [0.1, 0.15) is 103 Å². The molecule has 21 heavy (non-hydrogen) atoms. The molecule has 0 bridgehead atoms. The van der Waals surface area contributed by atoms with Gasteiger partial charge in [0.1, 0.15) is 0 Å². The Kier molecular flexibility index (Phi) is 12.3. The van der Waals surface area contributed by atoms with Crippen LogP contribution < -0.4 is 5.73 Å². The number of hydrogen-bond donors (Lipinski definition) is 1. The van der Waals surface area contributed by atoms with Crippen LogP contribution in [-0.2, 0) is 4.74 Å². The van der Waals surface area contributed by atoms with Gasteiger partial charge < -0.3 is 10.5 Å². The summed E-state index contributed by atoms with van der Waals surface area (Å²) in [5, 5.41) is 0. The molecule has 1 aliphatic carbocycles. The van der Waals surface area contributed by atoms with Crippen LogP contribution in [0.15, 0.2) is 0 Å². The van der Waals surface area contributed by atoms with Crippen molar-refractivity contribution in [2.45, 2.75) is 115 Å². The van der Waals surface area contributed by atoms with Crippen molar-refractivity contribution < 1.29 is 4.74 Å². The zero-order valence-electron chi connectivity index (χ0n) is 14.5. The standard InChI is InChI=1S/C19H39NO/c1-2-3-4-11-14-17-21-19-16-13-10-8-6-5-7-9-12-15-18(19)20/h18-19H,2-17,20H2,1H3. The normalized spacial score (nSPS) is 26.0. The molecule has 0 aliphatic heterocycles. The first-order valence-corrected chi connectivity index (χ1v) is 9.71. The molecule has 2 N–H and O–H groups in total. The van der Waals surface area contributed by atoms with Crippen LogP contribution >= 0.6 is 0 Å². The number of ether oxygens (including phenoxy) is 1. The Hall–Kier alpha value is -0.0800. The van der Waals surface area contributed by atoms with Gasteiger partial charge in [0.25, 0.3) is 0 Å². The van der Waals surface area contributed by atoms with Gasteiger partial charge >= 0.3 is 0 Å². The summed E-state index contributed by atoms with van der Waals surface area (Å²) in [6.45, 7) is 3.18. The third-order valence-electron chi connectivity index (χ3n) is 4.83. The number of unbranched alkanes of at least 4 members (excludes halogenated alkanes) is 4. The summed E-state index contributed by atoms with van der Waals surface area (Å²) in [5.74, 6) is 0. The van der Waals surface area contributed by atoms with E-state index in [9.17, 15) is 0 Å². The lowest BCUT2D eigenvalue weighted by Gasteiger charge is -2.25. The van der Waals surface area contributed by atoms with Gasteiger partial charge in [-0.3, -0.25) is 0 Å². The first kappa shape index (κ1) is 19.0. The van der Waals surface area contributed by atoms with Gasteiger partial charge in [-0.05, 0) is 19.3 Å². The Morgan fingerprint density at radius 1 is 0.762 bits per heavy atom. The number of nitrogens with two attached hydrogens (primary N) is 1. The van der Waals surface area contributed by atoms with E-state index in [-0.39, 0.29) is 6.04 Å². The minimum Gasteiger partial charge on any atom is -0.377 e. The van der Waals surface area contributed by atoms with Gasteiger partial charge in [-0.25, -0.2) is 0 Å². The van der Waals surface area contributed by atoms with Crippen molar-refractivity contribution in [3.05, 3.63) is 0 Å². The molecular weight excluding hydrogens is 258 g/mol. The van der Waals surface area contributed by atoms with E-state index in [2.05, 4.69) is 6.92 Å². The lowest BCUT2D eigenvalue weighted by atomic mass is 9.96. The molecule has 1 aliphatic rings. The van der Waals surface area contributed by atoms with Crippen molar-refractivity contribution in [3.63, 3.8) is 0 Å². The summed E-state index contributed by atoms with van der Waals surface area (Å²) >= 11 is 0. The topological polar surface area (TPSA) is 35.2 Å². The lowest BCUT2D eigenvalue weighted by Crippen LogP contribution is -2.37. The molecule has 0 radical (unpaired) electrons. The van der Waals surface area contributed by atoms with Gasteiger partial charge in [0, 0.05) is 12.6 Å². The van der Waals surface area contributed by atoms with Crippen LogP contribution in [0.3, 0.4) is 0 Å². The highest BCUT2D eigenvalue weighted by atomic mass is 16.5. The van der Waals surface area contributed by atoms with Crippen molar-refractivity contribution in [1.82, 2.24) is 0 Å². The smallest absolute Gasteiger partial charge is 0.0725 e. The molecule has 2 nitrogen and oxygen atoms in total. The Balaban J connectivity index is 2.21. The van der Waals surface area contributed by atoms with Crippen molar-refractivity contribution in [3.8, 4) is 0 Å². The molecule has 0 aromatic carbocycles. The van der Waals surface area contributed by atoms with Crippen LogP contribution in [-0.4, -0.2) is 18.8 Å². The summed E-state index contributed by atoms with van der Waals surface area (Å²) in [6.07, 6.45) is 20.2. The first-order chi connectivity index (χ1) is 10.3. The molecule has 1 saturated carbocycles. The molecule has 0 aromatic heterocycles. The SMILES string of the molecule is CCCCCCCOC1CCCCCCCCCCC1N. The van der Waals surface area contributed by atoms with Crippen molar-refractivity contribution in [2.75, 3.05) is 6.61 Å². The fourth-order valence-electron chi connectivity index (χ4n) is 3.33. The highest BCUT2D eigenvalue weighted by Crippen LogP contribution is 2.18. The van der Waals surface area contributed by atoms with Gasteiger partial charge in [0.05, 0.1) is 6.10 Å². The van der Waals surface area contributed by atoms with E-state index >= 15 is 0 Å². The van der Waals surface area contributed by atoms with Crippen molar-refractivity contribution in [1.29, 1.82) is 0 Å². The second-order valence-corrected chi connectivity index (χ2v) is 6.89. The fourth-order valence-corrected chi connectivity index (χ4v) is 3.33. The maximum Gasteiger partial charge on any atom is 0.0725 e. The lowest BCUT2D eigenvalue weighted by molar-refractivity contribution is 0.0233. The minimum atomic E-state index is 0.264. The van der Waals surface area contributed by atoms with Crippen LogP contribution in [0.2, 0.25) is 0 Å². The Bertz CT molecular complexity index is 220. The molecule has 0 saturated heterocycles. The Labute approximate surface area is 133 Å². The molecule has 1 rings (SSSR count). The maximum atomic E-state index is 6.40. The molecule has 0 heterocycles. The van der Waals surface area contributed by atoms with Crippen molar-refractivity contribution in [2.24, 2.45) is 5.73 Å². The molecular formula is C19H39NO. The molecule has 1 fully saturated rings. The summed E-state index contributed by atoms with van der Waals surface area (Å²) < 4.78 is 6.15. The highest BCUT2D eigenvalue weighted by molar-refractivity contribution is 4.74. The second-order valence-electron chi connectivity index (χ2n) is 6.89. The second kappa shape index (κ2) is 13.6. The van der Waals surface area contributed by atoms with E-state index in [1.807, 2.05) is 0 Å². The summed E-state index contributed by atoms with van der Waals surface area (Å²) in [7, 11) is 0. The third-order valence-corrected chi connectivity index (χ3v) is 4.83. The van der Waals surface area contributed by atoms with Crippen LogP contribution in [0, 0.1) is 0 Å². The molecule has 0 spiro atoms. The molecule has 2 heteroatoms.